The summed E-state index contributed by atoms with van der Waals surface area (Å²) in [5.41, 5.74) is 0. The van der Waals surface area contributed by atoms with Gasteiger partial charge in [0.2, 0.25) is 0 Å². The summed E-state index contributed by atoms with van der Waals surface area (Å²) < 4.78 is 0. The van der Waals surface area contributed by atoms with Gasteiger partial charge in [-0.15, -0.1) is 0 Å². The summed E-state index contributed by atoms with van der Waals surface area (Å²) in [7, 11) is 0. The van der Waals surface area contributed by atoms with Crippen LogP contribution in [0.15, 0.2) is 37.2 Å². The van der Waals surface area contributed by atoms with Crippen molar-refractivity contribution in [3.05, 3.63) is 47.5 Å². The molecular weight excluding hydrogens is 223 g/mol. The molecule has 0 saturated heterocycles. The van der Waals surface area contributed by atoms with E-state index in [2.05, 4.69) is 19.9 Å². The lowest BCUT2D eigenvalue weighted by Gasteiger charge is -1.79. The number of halogens is 2. The third-order valence-electron chi connectivity index (χ3n) is 1.06. The van der Waals surface area contributed by atoms with E-state index >= 15 is 0 Å². The first-order valence-corrected chi connectivity index (χ1v) is 4.37. The quantitative estimate of drug-likeness (QED) is 0.695. The molecule has 0 unspecified atom stereocenters. The maximum Gasteiger partial charge on any atom is 0.147 e. The Morgan fingerprint density at radius 3 is 1.29 bits per heavy atom. The van der Waals surface area contributed by atoms with Crippen LogP contribution in [0.25, 0.3) is 0 Å². The summed E-state index contributed by atoms with van der Waals surface area (Å²) >= 11 is 10.7. The zero-order valence-electron chi connectivity index (χ0n) is 7.01. The fourth-order valence-electron chi connectivity index (χ4n) is 0.562. The summed E-state index contributed by atoms with van der Waals surface area (Å²) in [6.45, 7) is 0. The van der Waals surface area contributed by atoms with E-state index in [-0.39, 0.29) is 0 Å². The maximum atomic E-state index is 5.37. The molecule has 0 fully saturated rings. The van der Waals surface area contributed by atoms with E-state index in [4.69, 9.17) is 23.2 Å². The molecule has 2 aromatic rings. The lowest BCUT2D eigenvalue weighted by molar-refractivity contribution is 1.20. The summed E-state index contributed by atoms with van der Waals surface area (Å²) in [5.74, 6) is 0. The molecule has 2 rings (SSSR count). The van der Waals surface area contributed by atoms with Gasteiger partial charge in [-0.25, -0.2) is 9.97 Å². The first-order valence-electron chi connectivity index (χ1n) is 3.62. The van der Waals surface area contributed by atoms with Gasteiger partial charge in [0.1, 0.15) is 10.3 Å². The highest BCUT2D eigenvalue weighted by atomic mass is 35.5. The minimum absolute atomic E-state index is 0.433. The van der Waals surface area contributed by atoms with Crippen LogP contribution in [0.1, 0.15) is 0 Å². The Labute approximate surface area is 91.0 Å². The molecule has 0 aliphatic heterocycles. The van der Waals surface area contributed by atoms with Crippen molar-refractivity contribution in [2.24, 2.45) is 0 Å². The minimum atomic E-state index is 0.433. The topological polar surface area (TPSA) is 51.6 Å². The predicted molar refractivity (Wildman–Crippen MR) is 54.1 cm³/mol. The maximum absolute atomic E-state index is 5.37. The molecule has 0 aliphatic carbocycles. The SMILES string of the molecule is Clc1cnccn1.Clc1cnccn1. The fourth-order valence-corrected chi connectivity index (χ4v) is 0.787. The molecule has 0 amide bonds. The van der Waals surface area contributed by atoms with Crippen LogP contribution >= 0.6 is 23.2 Å². The van der Waals surface area contributed by atoms with E-state index in [1.165, 1.54) is 12.4 Å². The van der Waals surface area contributed by atoms with Gasteiger partial charge in [-0.05, 0) is 0 Å². The zero-order valence-corrected chi connectivity index (χ0v) is 8.52. The Morgan fingerprint density at radius 1 is 0.714 bits per heavy atom. The minimum Gasteiger partial charge on any atom is -0.260 e. The van der Waals surface area contributed by atoms with E-state index in [9.17, 15) is 0 Å². The van der Waals surface area contributed by atoms with Crippen molar-refractivity contribution in [2.45, 2.75) is 0 Å². The van der Waals surface area contributed by atoms with Crippen LogP contribution in [0.4, 0.5) is 0 Å². The lowest BCUT2D eigenvalue weighted by atomic mass is 10.8. The summed E-state index contributed by atoms with van der Waals surface area (Å²) in [4.78, 5) is 14.7. The molecule has 4 nitrogen and oxygen atoms in total. The van der Waals surface area contributed by atoms with Crippen LogP contribution < -0.4 is 0 Å². The van der Waals surface area contributed by atoms with Crippen LogP contribution in [-0.2, 0) is 0 Å². The molecule has 0 spiro atoms. The van der Waals surface area contributed by atoms with Crippen molar-refractivity contribution in [1.29, 1.82) is 0 Å². The van der Waals surface area contributed by atoms with Crippen molar-refractivity contribution in [2.75, 3.05) is 0 Å². The first kappa shape index (κ1) is 10.8. The number of nitrogens with zero attached hydrogens (tertiary/aromatic N) is 4. The molecule has 0 aliphatic rings. The van der Waals surface area contributed by atoms with Crippen LogP contribution in [0.3, 0.4) is 0 Å². The normalized spacial score (nSPS) is 8.71. The highest BCUT2D eigenvalue weighted by Crippen LogP contribution is 1.95. The second kappa shape index (κ2) is 6.23. The van der Waals surface area contributed by atoms with E-state index in [0.717, 1.165) is 0 Å². The average molecular weight is 229 g/mol. The van der Waals surface area contributed by atoms with Gasteiger partial charge in [-0.1, -0.05) is 23.2 Å². The Balaban J connectivity index is 0.000000140. The Morgan fingerprint density at radius 2 is 1.14 bits per heavy atom. The Hall–Kier alpha value is -1.26. The summed E-state index contributed by atoms with van der Waals surface area (Å²) in [6.07, 6.45) is 9.21. The predicted octanol–water partition coefficient (Wildman–Crippen LogP) is 2.26. The van der Waals surface area contributed by atoms with E-state index in [0.29, 0.717) is 10.3 Å². The van der Waals surface area contributed by atoms with E-state index in [1.54, 1.807) is 24.8 Å². The molecular formula is C8H6Cl2N4. The highest BCUT2D eigenvalue weighted by Gasteiger charge is 1.78. The third-order valence-corrected chi connectivity index (χ3v) is 1.45. The van der Waals surface area contributed by atoms with Crippen molar-refractivity contribution < 1.29 is 0 Å². The van der Waals surface area contributed by atoms with Crippen molar-refractivity contribution in [3.8, 4) is 0 Å². The number of hydrogen-bond donors (Lipinski definition) is 0. The third kappa shape index (κ3) is 4.69. The summed E-state index contributed by atoms with van der Waals surface area (Å²) in [5, 5.41) is 0.866. The molecule has 0 saturated carbocycles. The van der Waals surface area contributed by atoms with Crippen LogP contribution in [0.2, 0.25) is 10.3 Å². The van der Waals surface area contributed by atoms with Crippen LogP contribution in [0, 0.1) is 0 Å². The molecule has 0 radical (unpaired) electrons. The summed E-state index contributed by atoms with van der Waals surface area (Å²) in [6, 6.07) is 0. The monoisotopic (exact) mass is 228 g/mol. The first-order chi connectivity index (χ1) is 6.79. The van der Waals surface area contributed by atoms with Crippen molar-refractivity contribution in [3.63, 3.8) is 0 Å². The van der Waals surface area contributed by atoms with Gasteiger partial charge >= 0.3 is 0 Å². The standard InChI is InChI=1S/2C4H3ClN2/c2*5-4-3-6-1-2-7-4/h2*1-3H. The van der Waals surface area contributed by atoms with Gasteiger partial charge in [0.15, 0.2) is 0 Å². The molecule has 0 atom stereocenters. The van der Waals surface area contributed by atoms with Crippen molar-refractivity contribution >= 4 is 23.2 Å². The fraction of sp³-hybridized carbons (Fsp3) is 0. The molecule has 72 valence electrons. The largest absolute Gasteiger partial charge is 0.260 e. The van der Waals surface area contributed by atoms with Gasteiger partial charge in [-0.3, -0.25) is 9.97 Å². The van der Waals surface area contributed by atoms with Gasteiger partial charge in [0, 0.05) is 24.8 Å². The lowest BCUT2D eigenvalue weighted by Crippen LogP contribution is -1.71. The van der Waals surface area contributed by atoms with Crippen molar-refractivity contribution in [1.82, 2.24) is 19.9 Å². The van der Waals surface area contributed by atoms with Gasteiger partial charge in [-0.2, -0.15) is 0 Å². The molecule has 2 aromatic heterocycles. The number of rotatable bonds is 0. The molecule has 0 aromatic carbocycles. The molecule has 14 heavy (non-hydrogen) atoms. The average Bonchev–Trinajstić information content (AvgIpc) is 2.21. The number of aromatic nitrogens is 4. The van der Waals surface area contributed by atoms with E-state index < -0.39 is 0 Å². The number of hydrogen-bond acceptors (Lipinski definition) is 4. The Bertz CT molecular complexity index is 317. The molecule has 6 heteroatoms. The second-order valence-electron chi connectivity index (χ2n) is 2.06. The molecule has 2 heterocycles. The van der Waals surface area contributed by atoms with Gasteiger partial charge < -0.3 is 0 Å². The van der Waals surface area contributed by atoms with Crippen LogP contribution in [-0.4, -0.2) is 19.9 Å². The zero-order chi connectivity index (χ0) is 10.2. The highest BCUT2D eigenvalue weighted by molar-refractivity contribution is 6.29. The molecule has 0 bridgehead atoms. The Kier molecular flexibility index (Phi) is 4.82. The van der Waals surface area contributed by atoms with Gasteiger partial charge in [0.25, 0.3) is 0 Å². The van der Waals surface area contributed by atoms with E-state index in [1.807, 2.05) is 0 Å². The smallest absolute Gasteiger partial charge is 0.147 e. The van der Waals surface area contributed by atoms with Gasteiger partial charge in [0.05, 0.1) is 12.4 Å². The second-order valence-corrected chi connectivity index (χ2v) is 2.83. The molecule has 0 N–H and O–H groups in total. The van der Waals surface area contributed by atoms with Crippen LogP contribution in [0.5, 0.6) is 0 Å².